The molecule has 0 spiro atoms. The number of carbonyl (C=O) groups is 1. The summed E-state index contributed by atoms with van der Waals surface area (Å²) in [7, 11) is 0. The van der Waals surface area contributed by atoms with E-state index in [0.717, 1.165) is 19.5 Å². The Morgan fingerprint density at radius 1 is 1.22 bits per heavy atom. The van der Waals surface area contributed by atoms with E-state index in [1.165, 1.54) is 24.0 Å². The average molecular weight is 318 g/mol. The third-order valence-corrected chi connectivity index (χ3v) is 4.02. The zero-order valence-corrected chi connectivity index (χ0v) is 14.8. The van der Waals surface area contributed by atoms with Crippen molar-refractivity contribution in [3.63, 3.8) is 0 Å². The monoisotopic (exact) mass is 318 g/mol. The van der Waals surface area contributed by atoms with Gasteiger partial charge in [-0.3, -0.25) is 0 Å². The Morgan fingerprint density at radius 2 is 1.83 bits per heavy atom. The zero-order valence-electron chi connectivity index (χ0n) is 14.8. The van der Waals surface area contributed by atoms with Crippen LogP contribution in [-0.4, -0.2) is 24.3 Å². The van der Waals surface area contributed by atoms with Gasteiger partial charge in [-0.2, -0.15) is 0 Å². The van der Waals surface area contributed by atoms with Crippen LogP contribution in [0.4, 0.5) is 4.79 Å². The van der Waals surface area contributed by atoms with Crippen LogP contribution in [0.25, 0.3) is 0 Å². The number of amides is 1. The summed E-state index contributed by atoms with van der Waals surface area (Å²) in [6, 6.07) is 8.83. The first-order valence-electron chi connectivity index (χ1n) is 8.65. The number of carbonyl (C=O) groups excluding carboxylic acids is 1. The highest BCUT2D eigenvalue weighted by Crippen LogP contribution is 2.32. The fourth-order valence-electron chi connectivity index (χ4n) is 2.56. The molecule has 4 heteroatoms. The van der Waals surface area contributed by atoms with Gasteiger partial charge in [0.1, 0.15) is 5.60 Å². The third kappa shape index (κ3) is 6.61. The van der Waals surface area contributed by atoms with Gasteiger partial charge >= 0.3 is 6.09 Å². The molecule has 23 heavy (non-hydrogen) atoms. The van der Waals surface area contributed by atoms with E-state index in [9.17, 15) is 4.79 Å². The van der Waals surface area contributed by atoms with E-state index in [4.69, 9.17) is 4.74 Å². The van der Waals surface area contributed by atoms with Gasteiger partial charge in [0.05, 0.1) is 0 Å². The molecule has 2 N–H and O–H groups in total. The molecule has 0 radical (unpaired) electrons. The van der Waals surface area contributed by atoms with E-state index in [1.54, 1.807) is 0 Å². The molecule has 1 saturated carbocycles. The molecule has 1 aromatic rings. The summed E-state index contributed by atoms with van der Waals surface area (Å²) >= 11 is 0. The van der Waals surface area contributed by atoms with Gasteiger partial charge in [-0.05, 0) is 57.1 Å². The molecule has 1 aromatic carbocycles. The van der Waals surface area contributed by atoms with E-state index in [1.807, 2.05) is 20.8 Å². The van der Waals surface area contributed by atoms with Crippen molar-refractivity contribution >= 4 is 6.09 Å². The van der Waals surface area contributed by atoms with E-state index in [2.05, 4.69) is 41.8 Å². The molecule has 0 heterocycles. The molecule has 0 aromatic heterocycles. The summed E-state index contributed by atoms with van der Waals surface area (Å²) in [5.41, 5.74) is 2.18. The fraction of sp³-hybridized carbons (Fsp3) is 0.632. The maximum atomic E-state index is 11.9. The first kappa shape index (κ1) is 17.8. The van der Waals surface area contributed by atoms with E-state index >= 15 is 0 Å². The van der Waals surface area contributed by atoms with Crippen molar-refractivity contribution in [2.75, 3.05) is 6.54 Å². The van der Waals surface area contributed by atoms with Crippen molar-refractivity contribution in [2.24, 2.45) is 5.92 Å². The second kappa shape index (κ2) is 7.82. The second-order valence-electron chi connectivity index (χ2n) is 7.39. The second-order valence-corrected chi connectivity index (χ2v) is 7.39. The van der Waals surface area contributed by atoms with Crippen LogP contribution in [0.15, 0.2) is 24.3 Å². The maximum absolute atomic E-state index is 11.9. The summed E-state index contributed by atoms with van der Waals surface area (Å²) in [4.78, 5) is 11.9. The summed E-state index contributed by atoms with van der Waals surface area (Å²) < 4.78 is 5.36. The van der Waals surface area contributed by atoms with Crippen molar-refractivity contribution in [3.05, 3.63) is 35.4 Å². The lowest BCUT2D eigenvalue weighted by Crippen LogP contribution is -2.45. The number of ether oxygens (including phenoxy) is 1. The predicted octanol–water partition coefficient (Wildman–Crippen LogP) is 3.64. The Hall–Kier alpha value is -1.55. The van der Waals surface area contributed by atoms with E-state index in [-0.39, 0.29) is 12.1 Å². The highest BCUT2D eigenvalue weighted by Gasteiger charge is 2.33. The fourth-order valence-corrected chi connectivity index (χ4v) is 2.56. The average Bonchev–Trinajstić information content (AvgIpc) is 3.29. The topological polar surface area (TPSA) is 50.4 Å². The van der Waals surface area contributed by atoms with Gasteiger partial charge in [0.2, 0.25) is 0 Å². The van der Waals surface area contributed by atoms with Crippen molar-refractivity contribution in [1.82, 2.24) is 10.6 Å². The van der Waals surface area contributed by atoms with Crippen molar-refractivity contribution in [1.29, 1.82) is 0 Å². The normalized spacial score (nSPS) is 16.0. The molecular formula is C19H30N2O2. The van der Waals surface area contributed by atoms with Crippen molar-refractivity contribution < 1.29 is 9.53 Å². The molecule has 0 bridgehead atoms. The van der Waals surface area contributed by atoms with Crippen LogP contribution in [0, 0.1) is 5.92 Å². The van der Waals surface area contributed by atoms with E-state index in [0.29, 0.717) is 5.92 Å². The molecule has 1 amide bonds. The summed E-state index contributed by atoms with van der Waals surface area (Å²) in [5, 5.41) is 6.47. The Kier molecular flexibility index (Phi) is 6.05. The Balaban J connectivity index is 1.77. The number of aryl methyl sites for hydroxylation is 1. The highest BCUT2D eigenvalue weighted by molar-refractivity contribution is 5.68. The van der Waals surface area contributed by atoms with Gasteiger partial charge < -0.3 is 15.4 Å². The number of hydrogen-bond acceptors (Lipinski definition) is 3. The molecule has 1 aliphatic carbocycles. The number of nitrogens with one attached hydrogen (secondary N) is 2. The van der Waals surface area contributed by atoms with Crippen LogP contribution in [0.2, 0.25) is 0 Å². The van der Waals surface area contributed by atoms with Crippen molar-refractivity contribution in [3.8, 4) is 0 Å². The molecule has 128 valence electrons. The smallest absolute Gasteiger partial charge is 0.407 e. The van der Waals surface area contributed by atoms with Crippen molar-refractivity contribution in [2.45, 2.75) is 65.1 Å². The van der Waals surface area contributed by atoms with Gasteiger partial charge in [-0.15, -0.1) is 0 Å². The Bertz CT molecular complexity index is 501. The van der Waals surface area contributed by atoms with Crippen LogP contribution in [0.1, 0.15) is 51.7 Å². The lowest BCUT2D eigenvalue weighted by molar-refractivity contribution is 0.0497. The summed E-state index contributed by atoms with van der Waals surface area (Å²) in [6.07, 6.45) is 3.13. The van der Waals surface area contributed by atoms with Crippen LogP contribution in [0.5, 0.6) is 0 Å². The quantitative estimate of drug-likeness (QED) is 0.807. The molecule has 0 aliphatic heterocycles. The van der Waals surface area contributed by atoms with Crippen LogP contribution >= 0.6 is 0 Å². The minimum atomic E-state index is -0.452. The molecular weight excluding hydrogens is 288 g/mol. The first-order valence-corrected chi connectivity index (χ1v) is 8.65. The minimum absolute atomic E-state index is 0.153. The third-order valence-electron chi connectivity index (χ3n) is 4.02. The van der Waals surface area contributed by atoms with Gasteiger partial charge in [0.25, 0.3) is 0 Å². The summed E-state index contributed by atoms with van der Waals surface area (Å²) in [6.45, 7) is 9.42. The molecule has 1 unspecified atom stereocenters. The molecule has 0 saturated heterocycles. The Morgan fingerprint density at radius 3 is 2.35 bits per heavy atom. The molecule has 1 atom stereocenters. The SMILES string of the molecule is CCc1ccc(CNCC(NC(=O)OC(C)(C)C)C2CC2)cc1. The zero-order chi connectivity index (χ0) is 16.9. The lowest BCUT2D eigenvalue weighted by atomic mass is 10.1. The predicted molar refractivity (Wildman–Crippen MR) is 93.4 cm³/mol. The highest BCUT2D eigenvalue weighted by atomic mass is 16.6. The molecule has 2 rings (SSSR count). The van der Waals surface area contributed by atoms with Gasteiger partial charge in [-0.25, -0.2) is 4.79 Å². The largest absolute Gasteiger partial charge is 0.444 e. The number of benzene rings is 1. The van der Waals surface area contributed by atoms with Crippen LogP contribution in [0.3, 0.4) is 0 Å². The first-order chi connectivity index (χ1) is 10.9. The van der Waals surface area contributed by atoms with E-state index < -0.39 is 5.60 Å². The standard InChI is InChI=1S/C19H30N2O2/c1-5-14-6-8-15(9-7-14)12-20-13-17(16-10-11-16)21-18(22)23-19(2,3)4/h6-9,16-17,20H,5,10-13H2,1-4H3,(H,21,22). The summed E-state index contributed by atoms with van der Waals surface area (Å²) in [5.74, 6) is 0.581. The van der Waals surface area contributed by atoms with Gasteiger partial charge in [0.15, 0.2) is 0 Å². The van der Waals surface area contributed by atoms with Gasteiger partial charge in [0, 0.05) is 19.1 Å². The number of hydrogen-bond donors (Lipinski definition) is 2. The van der Waals surface area contributed by atoms with Gasteiger partial charge in [-0.1, -0.05) is 31.2 Å². The maximum Gasteiger partial charge on any atom is 0.407 e. The molecule has 4 nitrogen and oxygen atoms in total. The lowest BCUT2D eigenvalue weighted by Gasteiger charge is -2.24. The molecule has 1 fully saturated rings. The Labute approximate surface area is 140 Å². The number of alkyl carbamates (subject to hydrolysis) is 1. The molecule has 1 aliphatic rings. The number of rotatable bonds is 7. The van der Waals surface area contributed by atoms with Crippen LogP contribution in [-0.2, 0) is 17.7 Å². The minimum Gasteiger partial charge on any atom is -0.444 e. The van der Waals surface area contributed by atoms with Crippen LogP contribution < -0.4 is 10.6 Å².